The summed E-state index contributed by atoms with van der Waals surface area (Å²) in [5.74, 6) is -0.617. The van der Waals surface area contributed by atoms with Crippen LogP contribution in [0.1, 0.15) is 22.3 Å². The molecular formula is C17H17ClN2O3. The summed E-state index contributed by atoms with van der Waals surface area (Å²) in [5, 5.41) is 3.01. The largest absolute Gasteiger partial charge is 0.351 e. The summed E-state index contributed by atoms with van der Waals surface area (Å²) in [6, 6.07) is 16.2. The fourth-order valence-electron chi connectivity index (χ4n) is 1.86. The van der Waals surface area contributed by atoms with Crippen LogP contribution in [0.25, 0.3) is 0 Å². The first kappa shape index (κ1) is 17.0. The lowest BCUT2D eigenvalue weighted by Crippen LogP contribution is -2.30. The van der Waals surface area contributed by atoms with Crippen molar-refractivity contribution in [3.8, 4) is 0 Å². The first-order valence-electron chi connectivity index (χ1n) is 7.14. The third kappa shape index (κ3) is 5.73. The molecule has 0 fully saturated rings. The lowest BCUT2D eigenvalue weighted by Gasteiger charge is -2.08. The molecular weight excluding hydrogens is 316 g/mol. The van der Waals surface area contributed by atoms with Crippen molar-refractivity contribution in [3.05, 3.63) is 70.7 Å². The highest BCUT2D eigenvalue weighted by atomic mass is 35.5. The Bertz CT molecular complexity index is 662. The standard InChI is InChI=1S/C17H17ClN2O3/c18-15-9-5-4-8-14(15)17(22)19-11-10-16(21)20-23-12-13-6-2-1-3-7-13/h1-9H,10-12H2,(H,19,22)(H,20,21). The zero-order valence-corrected chi connectivity index (χ0v) is 13.2. The number of amides is 2. The molecule has 120 valence electrons. The number of benzene rings is 2. The zero-order chi connectivity index (χ0) is 16.5. The molecule has 2 amide bonds. The number of hydrogen-bond acceptors (Lipinski definition) is 3. The van der Waals surface area contributed by atoms with Crippen molar-refractivity contribution in [3.63, 3.8) is 0 Å². The van der Waals surface area contributed by atoms with E-state index in [-0.39, 0.29) is 24.8 Å². The van der Waals surface area contributed by atoms with Crippen LogP contribution in [0.4, 0.5) is 0 Å². The van der Waals surface area contributed by atoms with E-state index in [4.69, 9.17) is 16.4 Å². The minimum absolute atomic E-state index is 0.116. The Balaban J connectivity index is 1.65. The molecule has 2 aromatic carbocycles. The molecule has 0 radical (unpaired) electrons. The van der Waals surface area contributed by atoms with Gasteiger partial charge in [0.05, 0.1) is 17.2 Å². The Morgan fingerprint density at radius 2 is 1.70 bits per heavy atom. The molecule has 2 N–H and O–H groups in total. The number of hydroxylamine groups is 1. The van der Waals surface area contributed by atoms with E-state index < -0.39 is 0 Å². The summed E-state index contributed by atoms with van der Waals surface area (Å²) in [6.45, 7) is 0.489. The van der Waals surface area contributed by atoms with E-state index in [1.165, 1.54) is 0 Å². The summed E-state index contributed by atoms with van der Waals surface area (Å²) >= 11 is 5.93. The lowest BCUT2D eigenvalue weighted by molar-refractivity contribution is -0.134. The molecule has 2 aromatic rings. The second-order valence-electron chi connectivity index (χ2n) is 4.79. The van der Waals surface area contributed by atoms with E-state index in [0.29, 0.717) is 17.2 Å². The van der Waals surface area contributed by atoms with Gasteiger partial charge in [-0.2, -0.15) is 0 Å². The molecule has 0 aliphatic rings. The summed E-state index contributed by atoms with van der Waals surface area (Å²) in [5.41, 5.74) is 3.68. The molecule has 23 heavy (non-hydrogen) atoms. The van der Waals surface area contributed by atoms with E-state index in [1.807, 2.05) is 30.3 Å². The van der Waals surface area contributed by atoms with Crippen LogP contribution in [0.3, 0.4) is 0 Å². The van der Waals surface area contributed by atoms with Crippen LogP contribution in [0, 0.1) is 0 Å². The lowest BCUT2D eigenvalue weighted by atomic mass is 10.2. The summed E-state index contributed by atoms with van der Waals surface area (Å²) in [6.07, 6.45) is 0.116. The Labute approximate surface area is 139 Å². The van der Waals surface area contributed by atoms with Crippen LogP contribution in [0.5, 0.6) is 0 Å². The monoisotopic (exact) mass is 332 g/mol. The normalized spacial score (nSPS) is 10.1. The van der Waals surface area contributed by atoms with Crippen molar-refractivity contribution in [2.75, 3.05) is 6.54 Å². The average Bonchev–Trinajstić information content (AvgIpc) is 2.56. The maximum Gasteiger partial charge on any atom is 0.252 e. The van der Waals surface area contributed by atoms with Crippen LogP contribution in [-0.4, -0.2) is 18.4 Å². The number of rotatable bonds is 7. The van der Waals surface area contributed by atoms with E-state index in [2.05, 4.69) is 10.8 Å². The van der Waals surface area contributed by atoms with Crippen molar-refractivity contribution < 1.29 is 14.4 Å². The van der Waals surface area contributed by atoms with Gasteiger partial charge in [-0.1, -0.05) is 54.1 Å². The third-order valence-corrected chi connectivity index (χ3v) is 3.35. The van der Waals surface area contributed by atoms with Gasteiger partial charge in [-0.15, -0.1) is 0 Å². The highest BCUT2D eigenvalue weighted by Crippen LogP contribution is 2.14. The molecule has 0 saturated heterocycles. The van der Waals surface area contributed by atoms with Gasteiger partial charge in [0.1, 0.15) is 0 Å². The van der Waals surface area contributed by atoms with Gasteiger partial charge in [-0.25, -0.2) is 5.48 Å². The minimum atomic E-state index is -0.311. The van der Waals surface area contributed by atoms with Crippen LogP contribution >= 0.6 is 11.6 Å². The number of hydrogen-bond donors (Lipinski definition) is 2. The number of nitrogens with one attached hydrogen (secondary N) is 2. The van der Waals surface area contributed by atoms with E-state index in [0.717, 1.165) is 5.56 Å². The summed E-state index contributed by atoms with van der Waals surface area (Å²) < 4.78 is 0. The van der Waals surface area contributed by atoms with Crippen molar-refractivity contribution in [2.45, 2.75) is 13.0 Å². The number of halogens is 1. The Hall–Kier alpha value is -2.37. The SMILES string of the molecule is O=C(CCNC(=O)c1ccccc1Cl)NOCc1ccccc1. The van der Waals surface area contributed by atoms with Crippen molar-refractivity contribution in [2.24, 2.45) is 0 Å². The van der Waals surface area contributed by atoms with Crippen LogP contribution in [0.15, 0.2) is 54.6 Å². The molecule has 0 saturated carbocycles. The van der Waals surface area contributed by atoms with Crippen molar-refractivity contribution in [1.29, 1.82) is 0 Å². The highest BCUT2D eigenvalue weighted by molar-refractivity contribution is 6.33. The van der Waals surface area contributed by atoms with Gasteiger partial charge in [0.15, 0.2) is 0 Å². The Morgan fingerprint density at radius 3 is 2.43 bits per heavy atom. The predicted octanol–water partition coefficient (Wildman–Crippen LogP) is 2.71. The predicted molar refractivity (Wildman–Crippen MR) is 87.8 cm³/mol. The molecule has 2 rings (SSSR count). The van der Waals surface area contributed by atoms with E-state index >= 15 is 0 Å². The van der Waals surface area contributed by atoms with Crippen molar-refractivity contribution >= 4 is 23.4 Å². The van der Waals surface area contributed by atoms with Gasteiger partial charge in [-0.3, -0.25) is 14.4 Å². The molecule has 0 heterocycles. The fourth-order valence-corrected chi connectivity index (χ4v) is 2.08. The maximum atomic E-state index is 11.9. The van der Waals surface area contributed by atoms with E-state index in [9.17, 15) is 9.59 Å². The number of carbonyl (C=O) groups excluding carboxylic acids is 2. The topological polar surface area (TPSA) is 67.4 Å². The molecule has 0 aliphatic carbocycles. The average molecular weight is 333 g/mol. The fraction of sp³-hybridized carbons (Fsp3) is 0.176. The minimum Gasteiger partial charge on any atom is -0.351 e. The molecule has 5 nitrogen and oxygen atoms in total. The first-order valence-corrected chi connectivity index (χ1v) is 7.52. The van der Waals surface area contributed by atoms with Gasteiger partial charge in [0.2, 0.25) is 5.91 Å². The van der Waals surface area contributed by atoms with Crippen LogP contribution in [0.2, 0.25) is 5.02 Å². The second-order valence-corrected chi connectivity index (χ2v) is 5.19. The molecule has 0 aliphatic heterocycles. The quantitative estimate of drug-likeness (QED) is 0.766. The first-order chi connectivity index (χ1) is 11.2. The van der Waals surface area contributed by atoms with Crippen LogP contribution < -0.4 is 10.8 Å². The summed E-state index contributed by atoms with van der Waals surface area (Å²) in [4.78, 5) is 28.6. The zero-order valence-electron chi connectivity index (χ0n) is 12.4. The molecule has 0 spiro atoms. The molecule has 0 bridgehead atoms. The van der Waals surface area contributed by atoms with Gasteiger partial charge in [0.25, 0.3) is 5.91 Å². The van der Waals surface area contributed by atoms with Crippen LogP contribution in [-0.2, 0) is 16.2 Å². The molecule has 0 atom stereocenters. The third-order valence-electron chi connectivity index (χ3n) is 3.02. The van der Waals surface area contributed by atoms with Gasteiger partial charge >= 0.3 is 0 Å². The Kier molecular flexibility index (Phi) is 6.59. The van der Waals surface area contributed by atoms with E-state index in [1.54, 1.807) is 24.3 Å². The summed E-state index contributed by atoms with van der Waals surface area (Å²) in [7, 11) is 0. The highest BCUT2D eigenvalue weighted by Gasteiger charge is 2.09. The second kappa shape index (κ2) is 8.92. The van der Waals surface area contributed by atoms with Crippen molar-refractivity contribution in [1.82, 2.24) is 10.8 Å². The maximum absolute atomic E-state index is 11.9. The molecule has 0 unspecified atom stereocenters. The Morgan fingerprint density at radius 1 is 1.00 bits per heavy atom. The van der Waals surface area contributed by atoms with Gasteiger partial charge in [0, 0.05) is 13.0 Å². The van der Waals surface area contributed by atoms with Gasteiger partial charge < -0.3 is 5.32 Å². The number of carbonyl (C=O) groups is 2. The molecule has 6 heteroatoms. The smallest absolute Gasteiger partial charge is 0.252 e. The van der Waals surface area contributed by atoms with Gasteiger partial charge in [-0.05, 0) is 17.7 Å². The molecule has 0 aromatic heterocycles.